The number of nitrogens with one attached hydrogen (secondary N) is 1. The van der Waals surface area contributed by atoms with Gasteiger partial charge in [0.1, 0.15) is 5.82 Å². The molecule has 0 aromatic carbocycles. The predicted molar refractivity (Wildman–Crippen MR) is 89.9 cm³/mol. The fraction of sp³-hybridized carbons (Fsp3) is 0.706. The second-order valence-electron chi connectivity index (χ2n) is 6.84. The number of hydrogen-bond acceptors (Lipinski definition) is 4. The Balaban J connectivity index is 1.99. The van der Waals surface area contributed by atoms with Crippen LogP contribution in [0.4, 0.5) is 5.82 Å². The zero-order chi connectivity index (χ0) is 15.5. The Hall–Kier alpha value is -1.13. The van der Waals surface area contributed by atoms with Gasteiger partial charge in [-0.05, 0) is 45.9 Å². The van der Waals surface area contributed by atoms with Crippen molar-refractivity contribution in [2.75, 3.05) is 37.6 Å². The Bertz CT molecular complexity index is 456. The zero-order valence-electron chi connectivity index (χ0n) is 14.2. The highest BCUT2D eigenvalue weighted by Gasteiger charge is 2.26. The Kier molecular flexibility index (Phi) is 5.22. The minimum Gasteiger partial charge on any atom is -0.354 e. The maximum absolute atomic E-state index is 4.80. The molecule has 0 saturated carbocycles. The van der Waals surface area contributed by atoms with Crippen LogP contribution in [0.25, 0.3) is 0 Å². The van der Waals surface area contributed by atoms with Crippen LogP contribution in [0.15, 0.2) is 12.1 Å². The lowest BCUT2D eigenvalue weighted by Crippen LogP contribution is -2.53. The number of anilines is 1. The van der Waals surface area contributed by atoms with Crippen LogP contribution in [-0.4, -0.2) is 48.1 Å². The van der Waals surface area contributed by atoms with Crippen molar-refractivity contribution in [1.29, 1.82) is 0 Å². The summed E-state index contributed by atoms with van der Waals surface area (Å²) in [4.78, 5) is 9.76. The molecule has 0 spiro atoms. The van der Waals surface area contributed by atoms with Crippen molar-refractivity contribution in [1.82, 2.24) is 15.2 Å². The highest BCUT2D eigenvalue weighted by molar-refractivity contribution is 5.42. The maximum Gasteiger partial charge on any atom is 0.128 e. The molecule has 0 amide bonds. The highest BCUT2D eigenvalue weighted by Crippen LogP contribution is 2.20. The van der Waals surface area contributed by atoms with Crippen LogP contribution in [0, 0.1) is 6.92 Å². The summed E-state index contributed by atoms with van der Waals surface area (Å²) in [6, 6.07) is 4.39. The third kappa shape index (κ3) is 4.17. The molecule has 0 radical (unpaired) electrons. The van der Waals surface area contributed by atoms with Gasteiger partial charge in [0.25, 0.3) is 0 Å². The van der Waals surface area contributed by atoms with E-state index in [2.05, 4.69) is 61.9 Å². The first-order valence-corrected chi connectivity index (χ1v) is 8.09. The Morgan fingerprint density at radius 2 is 1.81 bits per heavy atom. The molecule has 1 aliphatic heterocycles. The lowest BCUT2D eigenvalue weighted by Gasteiger charge is -2.42. The van der Waals surface area contributed by atoms with Gasteiger partial charge in [-0.3, -0.25) is 4.90 Å². The van der Waals surface area contributed by atoms with Crippen LogP contribution >= 0.6 is 0 Å². The largest absolute Gasteiger partial charge is 0.354 e. The minimum absolute atomic E-state index is 0.269. The van der Waals surface area contributed by atoms with Crippen LogP contribution in [0.3, 0.4) is 0 Å². The van der Waals surface area contributed by atoms with Gasteiger partial charge in [-0.25, -0.2) is 4.98 Å². The number of nitrogens with zero attached hydrogens (tertiary/aromatic N) is 3. The number of hydrogen-bond donors (Lipinski definition) is 1. The molecule has 0 unspecified atom stereocenters. The minimum atomic E-state index is 0.269. The van der Waals surface area contributed by atoms with Gasteiger partial charge >= 0.3 is 0 Å². The van der Waals surface area contributed by atoms with E-state index in [1.807, 2.05) is 0 Å². The normalized spacial score (nSPS) is 17.3. The van der Waals surface area contributed by atoms with Crippen LogP contribution in [0.2, 0.25) is 0 Å². The van der Waals surface area contributed by atoms with Crippen LogP contribution in [0.1, 0.15) is 39.0 Å². The van der Waals surface area contributed by atoms with Gasteiger partial charge in [-0.1, -0.05) is 13.0 Å². The van der Waals surface area contributed by atoms with E-state index in [0.29, 0.717) is 0 Å². The molecule has 2 heterocycles. The molecule has 1 aromatic rings. The number of piperazine rings is 1. The quantitative estimate of drug-likeness (QED) is 0.923. The van der Waals surface area contributed by atoms with Gasteiger partial charge < -0.3 is 10.2 Å². The van der Waals surface area contributed by atoms with Gasteiger partial charge in [-0.2, -0.15) is 0 Å². The summed E-state index contributed by atoms with van der Waals surface area (Å²) in [5.74, 6) is 1.13. The number of rotatable bonds is 4. The van der Waals surface area contributed by atoms with Crippen molar-refractivity contribution in [3.05, 3.63) is 23.4 Å². The first kappa shape index (κ1) is 16.2. The van der Waals surface area contributed by atoms with Crippen molar-refractivity contribution in [2.45, 2.75) is 46.7 Å². The molecule has 118 valence electrons. The van der Waals surface area contributed by atoms with Gasteiger partial charge in [0.05, 0.1) is 0 Å². The molecule has 0 atom stereocenters. The average Bonchev–Trinajstić information content (AvgIpc) is 2.45. The fourth-order valence-electron chi connectivity index (χ4n) is 2.81. The second-order valence-corrected chi connectivity index (χ2v) is 6.84. The molecule has 0 aliphatic carbocycles. The molecule has 2 rings (SSSR count). The van der Waals surface area contributed by atoms with E-state index in [1.54, 1.807) is 0 Å². The molecular weight excluding hydrogens is 260 g/mol. The topological polar surface area (TPSA) is 31.4 Å². The summed E-state index contributed by atoms with van der Waals surface area (Å²) in [6.45, 7) is 17.4. The lowest BCUT2D eigenvalue weighted by atomic mass is 10.0. The van der Waals surface area contributed by atoms with Crippen molar-refractivity contribution < 1.29 is 0 Å². The van der Waals surface area contributed by atoms with E-state index >= 15 is 0 Å². The molecule has 4 nitrogen and oxygen atoms in total. The molecule has 1 aliphatic rings. The third-order valence-electron chi connectivity index (χ3n) is 4.30. The molecule has 1 aromatic heterocycles. The van der Waals surface area contributed by atoms with E-state index in [1.165, 1.54) is 5.56 Å². The summed E-state index contributed by atoms with van der Waals surface area (Å²) in [5, 5.41) is 3.37. The van der Waals surface area contributed by atoms with E-state index in [0.717, 1.165) is 50.8 Å². The van der Waals surface area contributed by atoms with Crippen molar-refractivity contribution >= 4 is 5.82 Å². The van der Waals surface area contributed by atoms with Crippen LogP contribution < -0.4 is 10.2 Å². The van der Waals surface area contributed by atoms with E-state index < -0.39 is 0 Å². The van der Waals surface area contributed by atoms with Crippen LogP contribution in [0.5, 0.6) is 0 Å². The third-order valence-corrected chi connectivity index (χ3v) is 4.30. The van der Waals surface area contributed by atoms with Crippen LogP contribution in [-0.2, 0) is 6.54 Å². The molecule has 4 heteroatoms. The molecule has 1 N–H and O–H groups in total. The van der Waals surface area contributed by atoms with E-state index in [-0.39, 0.29) is 5.54 Å². The summed E-state index contributed by atoms with van der Waals surface area (Å²) in [6.07, 6.45) is 0. The summed E-state index contributed by atoms with van der Waals surface area (Å²) < 4.78 is 0. The van der Waals surface area contributed by atoms with Gasteiger partial charge in [-0.15, -0.1) is 0 Å². The van der Waals surface area contributed by atoms with Crippen molar-refractivity contribution in [2.24, 2.45) is 0 Å². The summed E-state index contributed by atoms with van der Waals surface area (Å²) in [5.41, 5.74) is 2.71. The monoisotopic (exact) mass is 290 g/mol. The standard InChI is InChI=1S/C17H30N4/c1-6-18-13-15-7-8-16(19-14(15)2)20-9-11-21(12-10-20)17(3,4)5/h7-8,18H,6,9-13H2,1-5H3. The highest BCUT2D eigenvalue weighted by atomic mass is 15.3. The van der Waals surface area contributed by atoms with Gasteiger partial charge in [0, 0.05) is 44.0 Å². The lowest BCUT2D eigenvalue weighted by molar-refractivity contribution is 0.128. The average molecular weight is 290 g/mol. The predicted octanol–water partition coefficient (Wildman–Crippen LogP) is 2.42. The van der Waals surface area contributed by atoms with E-state index in [9.17, 15) is 0 Å². The second kappa shape index (κ2) is 6.75. The zero-order valence-corrected chi connectivity index (χ0v) is 14.2. The summed E-state index contributed by atoms with van der Waals surface area (Å²) >= 11 is 0. The molecule has 0 bridgehead atoms. The smallest absolute Gasteiger partial charge is 0.128 e. The van der Waals surface area contributed by atoms with Crippen molar-refractivity contribution in [3.63, 3.8) is 0 Å². The molecule has 1 fully saturated rings. The number of aromatic nitrogens is 1. The fourth-order valence-corrected chi connectivity index (χ4v) is 2.81. The number of aryl methyl sites for hydroxylation is 1. The SMILES string of the molecule is CCNCc1ccc(N2CCN(C(C)(C)C)CC2)nc1C. The Morgan fingerprint density at radius 3 is 2.33 bits per heavy atom. The van der Waals surface area contributed by atoms with Crippen molar-refractivity contribution in [3.8, 4) is 0 Å². The maximum atomic E-state index is 4.80. The van der Waals surface area contributed by atoms with Gasteiger partial charge in [0.15, 0.2) is 0 Å². The molecule has 21 heavy (non-hydrogen) atoms. The Labute approximate surface area is 129 Å². The molecule has 1 saturated heterocycles. The Morgan fingerprint density at radius 1 is 1.14 bits per heavy atom. The summed E-state index contributed by atoms with van der Waals surface area (Å²) in [7, 11) is 0. The van der Waals surface area contributed by atoms with E-state index in [4.69, 9.17) is 4.98 Å². The molecular formula is C17H30N4. The first-order valence-electron chi connectivity index (χ1n) is 8.09. The van der Waals surface area contributed by atoms with Gasteiger partial charge in [0.2, 0.25) is 0 Å². The number of pyridine rings is 1. The first-order chi connectivity index (χ1) is 9.91.